The Morgan fingerprint density at radius 1 is 1.33 bits per heavy atom. The Kier molecular flexibility index (Phi) is 4.97. The molecule has 6 heteroatoms. The van der Waals surface area contributed by atoms with Crippen LogP contribution in [-0.2, 0) is 5.41 Å². The third-order valence-electron chi connectivity index (χ3n) is 5.60. The van der Waals surface area contributed by atoms with Crippen molar-refractivity contribution in [3.05, 3.63) is 23.8 Å². The lowest BCUT2D eigenvalue weighted by atomic mass is 9.65. The first kappa shape index (κ1) is 17.4. The van der Waals surface area contributed by atoms with E-state index in [2.05, 4.69) is 11.9 Å². The van der Waals surface area contributed by atoms with E-state index in [1.165, 1.54) is 7.11 Å². The molecule has 2 fully saturated rings. The number of aliphatic hydroxyl groups excluding tert-OH is 1. The SMILES string of the molecule is COc1ccc([C@@]23CC[C@H](O)C[C@@H]2N(C)CC3)cc1OCC(F)F. The molecule has 3 atom stereocenters. The van der Waals surface area contributed by atoms with Gasteiger partial charge in [0.05, 0.1) is 13.2 Å². The van der Waals surface area contributed by atoms with Gasteiger partial charge in [0.25, 0.3) is 6.43 Å². The molecule has 0 radical (unpaired) electrons. The molecule has 1 N–H and O–H groups in total. The molecule has 1 aliphatic carbocycles. The van der Waals surface area contributed by atoms with Crippen LogP contribution >= 0.6 is 0 Å². The van der Waals surface area contributed by atoms with Gasteiger partial charge in [0, 0.05) is 11.5 Å². The van der Waals surface area contributed by atoms with E-state index in [4.69, 9.17) is 9.47 Å². The fourth-order valence-electron chi connectivity index (χ4n) is 4.35. The molecule has 1 aliphatic heterocycles. The number of hydrogen-bond acceptors (Lipinski definition) is 4. The molecule has 0 spiro atoms. The zero-order valence-electron chi connectivity index (χ0n) is 14.2. The van der Waals surface area contributed by atoms with Crippen LogP contribution in [0.4, 0.5) is 8.78 Å². The summed E-state index contributed by atoms with van der Waals surface area (Å²) in [5.74, 6) is 0.832. The molecule has 0 amide bonds. The summed E-state index contributed by atoms with van der Waals surface area (Å²) in [6.07, 6.45) is 0.619. The first-order valence-electron chi connectivity index (χ1n) is 8.44. The third kappa shape index (κ3) is 3.09. The molecule has 0 unspecified atom stereocenters. The van der Waals surface area contributed by atoms with Gasteiger partial charge in [-0.1, -0.05) is 6.07 Å². The maximum Gasteiger partial charge on any atom is 0.272 e. The zero-order chi connectivity index (χ0) is 17.3. The van der Waals surface area contributed by atoms with Gasteiger partial charge in [-0.05, 0) is 57.0 Å². The Morgan fingerprint density at radius 3 is 2.83 bits per heavy atom. The lowest BCUT2D eigenvalue weighted by molar-refractivity contribution is 0.0563. The van der Waals surface area contributed by atoms with E-state index < -0.39 is 13.0 Å². The van der Waals surface area contributed by atoms with Crippen molar-refractivity contribution in [2.24, 2.45) is 0 Å². The van der Waals surface area contributed by atoms with Crippen LogP contribution in [0, 0.1) is 0 Å². The molecular formula is C18H25F2NO3. The normalized spacial score (nSPS) is 30.4. The van der Waals surface area contributed by atoms with Gasteiger partial charge in [0.2, 0.25) is 0 Å². The van der Waals surface area contributed by atoms with Crippen LogP contribution in [0.1, 0.15) is 31.2 Å². The minimum Gasteiger partial charge on any atom is -0.493 e. The molecule has 1 aromatic carbocycles. The minimum absolute atomic E-state index is 0.0524. The standard InChI is InChI=1S/C18H25F2NO3/c1-21-8-7-18(6-5-13(22)10-16(18)21)12-3-4-14(23-2)15(9-12)24-11-17(19)20/h3-4,9,13,16-17,22H,5-8,10-11H2,1-2H3/t13-,16-,18-/m0/s1. The van der Waals surface area contributed by atoms with Crippen molar-refractivity contribution in [3.8, 4) is 11.5 Å². The summed E-state index contributed by atoms with van der Waals surface area (Å²) < 4.78 is 35.6. The second-order valence-electron chi connectivity index (χ2n) is 6.90. The largest absolute Gasteiger partial charge is 0.493 e. The fourth-order valence-corrected chi connectivity index (χ4v) is 4.35. The molecular weight excluding hydrogens is 316 g/mol. The van der Waals surface area contributed by atoms with Gasteiger partial charge in [0.1, 0.15) is 6.61 Å². The van der Waals surface area contributed by atoms with Crippen LogP contribution in [0.15, 0.2) is 18.2 Å². The number of methoxy groups -OCH3 is 1. The molecule has 1 heterocycles. The topological polar surface area (TPSA) is 41.9 Å². The van der Waals surface area contributed by atoms with Crippen molar-refractivity contribution < 1.29 is 23.4 Å². The van der Waals surface area contributed by atoms with Crippen LogP contribution in [0.2, 0.25) is 0 Å². The molecule has 1 saturated carbocycles. The number of ether oxygens (including phenoxy) is 2. The molecule has 0 bridgehead atoms. The fraction of sp³-hybridized carbons (Fsp3) is 0.667. The maximum atomic E-state index is 12.5. The van der Waals surface area contributed by atoms with Crippen LogP contribution < -0.4 is 9.47 Å². The van der Waals surface area contributed by atoms with Gasteiger partial charge < -0.3 is 19.5 Å². The Morgan fingerprint density at radius 2 is 2.12 bits per heavy atom. The predicted molar refractivity (Wildman–Crippen MR) is 87.1 cm³/mol. The van der Waals surface area contributed by atoms with E-state index in [0.29, 0.717) is 11.5 Å². The predicted octanol–water partition coefficient (Wildman–Crippen LogP) is 2.83. The molecule has 3 rings (SSSR count). The number of rotatable bonds is 5. The quantitative estimate of drug-likeness (QED) is 0.894. The second-order valence-corrected chi connectivity index (χ2v) is 6.90. The summed E-state index contributed by atoms with van der Waals surface area (Å²) in [6, 6.07) is 5.92. The van der Waals surface area contributed by atoms with E-state index in [1.807, 2.05) is 12.1 Å². The minimum atomic E-state index is -2.52. The lowest BCUT2D eigenvalue weighted by Crippen LogP contribution is -2.47. The monoisotopic (exact) mass is 341 g/mol. The van der Waals surface area contributed by atoms with Gasteiger partial charge in [0.15, 0.2) is 11.5 Å². The number of aliphatic hydroxyl groups is 1. The first-order chi connectivity index (χ1) is 11.5. The van der Waals surface area contributed by atoms with E-state index in [0.717, 1.165) is 37.8 Å². The number of halogens is 2. The smallest absolute Gasteiger partial charge is 0.272 e. The van der Waals surface area contributed by atoms with Crippen molar-refractivity contribution >= 4 is 0 Å². The summed E-state index contributed by atoms with van der Waals surface area (Å²) in [5, 5.41) is 10.1. The molecule has 2 aliphatic rings. The van der Waals surface area contributed by atoms with Gasteiger partial charge in [-0.25, -0.2) is 8.78 Å². The van der Waals surface area contributed by atoms with Crippen molar-refractivity contribution in [2.75, 3.05) is 27.3 Å². The highest BCUT2D eigenvalue weighted by Gasteiger charge is 2.50. The van der Waals surface area contributed by atoms with Gasteiger partial charge >= 0.3 is 0 Å². The van der Waals surface area contributed by atoms with Crippen LogP contribution in [-0.4, -0.2) is 55.9 Å². The van der Waals surface area contributed by atoms with Crippen LogP contribution in [0.25, 0.3) is 0 Å². The van der Waals surface area contributed by atoms with Crippen LogP contribution in [0.5, 0.6) is 11.5 Å². The number of likely N-dealkylation sites (N-methyl/N-ethyl adjacent to an activating group) is 1. The van der Waals surface area contributed by atoms with Crippen LogP contribution in [0.3, 0.4) is 0 Å². The third-order valence-corrected chi connectivity index (χ3v) is 5.60. The summed E-state index contributed by atoms with van der Waals surface area (Å²) in [4.78, 5) is 2.30. The van der Waals surface area contributed by atoms with E-state index in [1.54, 1.807) is 6.07 Å². The number of hydrogen-bond donors (Lipinski definition) is 1. The van der Waals surface area contributed by atoms with Gasteiger partial charge in [-0.2, -0.15) is 0 Å². The summed E-state index contributed by atoms with van der Waals surface area (Å²) in [6.45, 7) is 0.325. The van der Waals surface area contributed by atoms with E-state index >= 15 is 0 Å². The Balaban J connectivity index is 1.94. The highest BCUT2D eigenvalue weighted by atomic mass is 19.3. The number of benzene rings is 1. The maximum absolute atomic E-state index is 12.5. The van der Waals surface area contributed by atoms with Crippen molar-refractivity contribution in [1.82, 2.24) is 4.90 Å². The molecule has 4 nitrogen and oxygen atoms in total. The van der Waals surface area contributed by atoms with Crippen molar-refractivity contribution in [3.63, 3.8) is 0 Å². The van der Waals surface area contributed by atoms with E-state index in [9.17, 15) is 13.9 Å². The highest BCUT2D eigenvalue weighted by molar-refractivity contribution is 5.46. The first-order valence-corrected chi connectivity index (χ1v) is 8.44. The molecule has 1 saturated heterocycles. The molecule has 1 aromatic rings. The zero-order valence-corrected chi connectivity index (χ0v) is 14.2. The number of nitrogens with zero attached hydrogens (tertiary/aromatic N) is 1. The average Bonchev–Trinajstić information content (AvgIpc) is 2.90. The number of fused-ring (bicyclic) bond motifs is 1. The Labute approximate surface area is 141 Å². The number of likely N-dealkylation sites (tertiary alicyclic amines) is 1. The lowest BCUT2D eigenvalue weighted by Gasteiger charge is -2.43. The van der Waals surface area contributed by atoms with E-state index in [-0.39, 0.29) is 17.6 Å². The summed E-state index contributed by atoms with van der Waals surface area (Å²) in [5.41, 5.74) is 1.04. The van der Waals surface area contributed by atoms with Gasteiger partial charge in [-0.3, -0.25) is 0 Å². The molecule has 134 valence electrons. The van der Waals surface area contributed by atoms with Crippen molar-refractivity contribution in [2.45, 2.75) is 49.7 Å². The second kappa shape index (κ2) is 6.84. The average molecular weight is 341 g/mol. The number of alkyl halides is 2. The van der Waals surface area contributed by atoms with Crippen molar-refractivity contribution in [1.29, 1.82) is 0 Å². The highest BCUT2D eigenvalue weighted by Crippen LogP contribution is 2.49. The summed E-state index contributed by atoms with van der Waals surface area (Å²) >= 11 is 0. The Hall–Kier alpha value is -1.40. The Bertz CT molecular complexity index is 583. The molecule has 24 heavy (non-hydrogen) atoms. The molecule has 0 aromatic heterocycles. The summed E-state index contributed by atoms with van der Waals surface area (Å²) in [7, 11) is 3.59. The van der Waals surface area contributed by atoms with Gasteiger partial charge in [-0.15, -0.1) is 0 Å².